The van der Waals surface area contributed by atoms with Crippen LogP contribution in [0.5, 0.6) is 5.75 Å². The van der Waals surface area contributed by atoms with E-state index in [4.69, 9.17) is 4.74 Å². The number of amides is 1. The summed E-state index contributed by atoms with van der Waals surface area (Å²) in [6, 6.07) is 3.76. The number of hydrogen-bond donors (Lipinski definition) is 1. The second-order valence-electron chi connectivity index (χ2n) is 6.36. The second-order valence-corrected chi connectivity index (χ2v) is 6.36. The number of ether oxygens (including phenoxy) is 1. The van der Waals surface area contributed by atoms with Gasteiger partial charge in [-0.2, -0.15) is 5.10 Å². The van der Waals surface area contributed by atoms with E-state index in [-0.39, 0.29) is 12.0 Å². The van der Waals surface area contributed by atoms with Crippen molar-refractivity contribution < 1.29 is 9.53 Å². The Kier molecular flexibility index (Phi) is 5.65. The molecule has 3 rings (SSSR count). The molecule has 1 amide bonds. The predicted molar refractivity (Wildman–Crippen MR) is 94.0 cm³/mol. The average Bonchev–Trinajstić information content (AvgIpc) is 3.23. The number of pyridine rings is 1. The Morgan fingerprint density at radius 3 is 3.12 bits per heavy atom. The molecule has 3 heterocycles. The number of aryl methyl sites for hydroxylation is 1. The van der Waals surface area contributed by atoms with Crippen LogP contribution in [-0.4, -0.2) is 44.8 Å². The molecular formula is C18H25N5O2. The molecule has 1 aliphatic rings. The molecule has 2 aromatic heterocycles. The fraction of sp³-hybridized carbons (Fsp3) is 0.500. The molecule has 0 aliphatic carbocycles. The minimum absolute atomic E-state index is 0.0639. The van der Waals surface area contributed by atoms with Crippen LogP contribution in [0.2, 0.25) is 0 Å². The van der Waals surface area contributed by atoms with E-state index < -0.39 is 0 Å². The molecular weight excluding hydrogens is 318 g/mol. The molecule has 1 aliphatic heterocycles. The highest BCUT2D eigenvalue weighted by atomic mass is 16.5. The van der Waals surface area contributed by atoms with Crippen LogP contribution in [0.3, 0.4) is 0 Å². The number of hydrogen-bond acceptors (Lipinski definition) is 5. The van der Waals surface area contributed by atoms with Gasteiger partial charge in [0.1, 0.15) is 11.9 Å². The first-order valence-electron chi connectivity index (χ1n) is 8.72. The maximum Gasteiger partial charge on any atom is 0.217 e. The van der Waals surface area contributed by atoms with E-state index in [1.165, 1.54) is 12.5 Å². The first-order chi connectivity index (χ1) is 12.1. The molecule has 2 aromatic rings. The van der Waals surface area contributed by atoms with Gasteiger partial charge in [0, 0.05) is 57.1 Å². The van der Waals surface area contributed by atoms with E-state index in [1.54, 1.807) is 6.20 Å². The number of carbonyl (C=O) groups excluding carboxylic acids is 1. The normalized spacial score (nSPS) is 17.6. The quantitative estimate of drug-likeness (QED) is 0.826. The van der Waals surface area contributed by atoms with Gasteiger partial charge in [-0.25, -0.2) is 0 Å². The standard InChI is InChI=1S/C18H25N5O2/c1-3-23-12-15(9-21-23)11-22-7-5-18(13-22)25-17-4-6-19-16(8-17)10-20-14(2)24/h4,6,8-9,12,18H,3,5,7,10-11,13H2,1-2H3,(H,20,24). The monoisotopic (exact) mass is 343 g/mol. The van der Waals surface area contributed by atoms with Crippen molar-refractivity contribution in [1.29, 1.82) is 0 Å². The number of aromatic nitrogens is 3. The molecule has 134 valence electrons. The van der Waals surface area contributed by atoms with Crippen molar-refractivity contribution in [2.24, 2.45) is 0 Å². The Labute approximate surface area is 148 Å². The molecule has 1 fully saturated rings. The Morgan fingerprint density at radius 1 is 1.48 bits per heavy atom. The Hall–Kier alpha value is -2.41. The average molecular weight is 343 g/mol. The first kappa shape index (κ1) is 17.4. The number of carbonyl (C=O) groups is 1. The van der Waals surface area contributed by atoms with Gasteiger partial charge in [-0.05, 0) is 19.4 Å². The Balaban J connectivity index is 1.50. The molecule has 1 atom stereocenters. The highest BCUT2D eigenvalue weighted by molar-refractivity contribution is 5.72. The molecule has 1 saturated heterocycles. The fourth-order valence-electron chi connectivity index (χ4n) is 2.99. The van der Waals surface area contributed by atoms with Gasteiger partial charge in [0.2, 0.25) is 5.91 Å². The zero-order chi connectivity index (χ0) is 17.6. The van der Waals surface area contributed by atoms with Gasteiger partial charge in [0.05, 0.1) is 18.4 Å². The minimum atomic E-state index is -0.0639. The van der Waals surface area contributed by atoms with E-state index in [9.17, 15) is 4.79 Å². The summed E-state index contributed by atoms with van der Waals surface area (Å²) in [6.07, 6.45) is 6.95. The van der Waals surface area contributed by atoms with Crippen molar-refractivity contribution in [2.75, 3.05) is 13.1 Å². The van der Waals surface area contributed by atoms with Gasteiger partial charge < -0.3 is 10.1 Å². The highest BCUT2D eigenvalue weighted by Crippen LogP contribution is 2.20. The number of rotatable bonds is 7. The third-order valence-corrected chi connectivity index (χ3v) is 4.26. The van der Waals surface area contributed by atoms with Gasteiger partial charge in [0.15, 0.2) is 0 Å². The highest BCUT2D eigenvalue weighted by Gasteiger charge is 2.24. The largest absolute Gasteiger partial charge is 0.489 e. The van der Waals surface area contributed by atoms with E-state index in [0.29, 0.717) is 6.54 Å². The van der Waals surface area contributed by atoms with Crippen LogP contribution in [0.25, 0.3) is 0 Å². The molecule has 25 heavy (non-hydrogen) atoms. The lowest BCUT2D eigenvalue weighted by molar-refractivity contribution is -0.119. The number of nitrogens with zero attached hydrogens (tertiary/aromatic N) is 4. The summed E-state index contributed by atoms with van der Waals surface area (Å²) < 4.78 is 8.05. The summed E-state index contributed by atoms with van der Waals surface area (Å²) in [6.45, 7) is 7.74. The molecule has 1 N–H and O–H groups in total. The summed E-state index contributed by atoms with van der Waals surface area (Å²) in [5, 5.41) is 7.08. The van der Waals surface area contributed by atoms with Crippen LogP contribution < -0.4 is 10.1 Å². The molecule has 0 spiro atoms. The van der Waals surface area contributed by atoms with Crippen molar-refractivity contribution in [2.45, 2.75) is 46.0 Å². The molecule has 0 bridgehead atoms. The molecule has 0 aromatic carbocycles. The van der Waals surface area contributed by atoms with Crippen molar-refractivity contribution >= 4 is 5.91 Å². The molecule has 7 heteroatoms. The van der Waals surface area contributed by atoms with Crippen LogP contribution in [0.4, 0.5) is 0 Å². The number of likely N-dealkylation sites (tertiary alicyclic amines) is 1. The zero-order valence-corrected chi connectivity index (χ0v) is 14.8. The third kappa shape index (κ3) is 5.03. The Morgan fingerprint density at radius 2 is 2.36 bits per heavy atom. The summed E-state index contributed by atoms with van der Waals surface area (Å²) in [5.74, 6) is 0.743. The van der Waals surface area contributed by atoms with E-state index in [0.717, 1.165) is 44.0 Å². The van der Waals surface area contributed by atoms with Crippen LogP contribution in [0.1, 0.15) is 31.5 Å². The van der Waals surface area contributed by atoms with Crippen LogP contribution in [0.15, 0.2) is 30.7 Å². The second kappa shape index (κ2) is 8.11. The lowest BCUT2D eigenvalue weighted by atomic mass is 10.3. The van der Waals surface area contributed by atoms with Crippen LogP contribution in [-0.2, 0) is 24.4 Å². The summed E-state index contributed by atoms with van der Waals surface area (Å²) >= 11 is 0. The Bertz CT molecular complexity index is 715. The summed E-state index contributed by atoms with van der Waals surface area (Å²) in [7, 11) is 0. The minimum Gasteiger partial charge on any atom is -0.489 e. The SMILES string of the molecule is CCn1cc(CN2CCC(Oc3ccnc(CNC(C)=O)c3)C2)cn1. The molecule has 0 radical (unpaired) electrons. The number of nitrogens with one attached hydrogen (secondary N) is 1. The van der Waals surface area contributed by atoms with E-state index in [2.05, 4.69) is 33.4 Å². The zero-order valence-electron chi connectivity index (χ0n) is 14.8. The third-order valence-electron chi connectivity index (χ3n) is 4.26. The van der Waals surface area contributed by atoms with Crippen LogP contribution in [0, 0.1) is 0 Å². The molecule has 7 nitrogen and oxygen atoms in total. The van der Waals surface area contributed by atoms with Crippen LogP contribution >= 0.6 is 0 Å². The van der Waals surface area contributed by atoms with Crippen molar-refractivity contribution in [1.82, 2.24) is 25.0 Å². The molecule has 1 unspecified atom stereocenters. The van der Waals surface area contributed by atoms with Gasteiger partial charge in [-0.15, -0.1) is 0 Å². The topological polar surface area (TPSA) is 72.3 Å². The molecule has 0 saturated carbocycles. The first-order valence-corrected chi connectivity index (χ1v) is 8.72. The fourth-order valence-corrected chi connectivity index (χ4v) is 2.99. The van der Waals surface area contributed by atoms with Gasteiger partial charge in [-0.3, -0.25) is 19.4 Å². The van der Waals surface area contributed by atoms with E-state index >= 15 is 0 Å². The van der Waals surface area contributed by atoms with Crippen molar-refractivity contribution in [3.63, 3.8) is 0 Å². The summed E-state index contributed by atoms with van der Waals surface area (Å²) in [5.41, 5.74) is 2.04. The predicted octanol–water partition coefficient (Wildman–Crippen LogP) is 1.59. The van der Waals surface area contributed by atoms with Gasteiger partial charge in [-0.1, -0.05) is 0 Å². The van der Waals surface area contributed by atoms with Crippen molar-refractivity contribution in [3.8, 4) is 5.75 Å². The maximum absolute atomic E-state index is 11.0. The summed E-state index contributed by atoms with van der Waals surface area (Å²) in [4.78, 5) is 17.6. The van der Waals surface area contributed by atoms with Gasteiger partial charge in [0.25, 0.3) is 0 Å². The lowest BCUT2D eigenvalue weighted by Gasteiger charge is -2.16. The van der Waals surface area contributed by atoms with Gasteiger partial charge >= 0.3 is 0 Å². The maximum atomic E-state index is 11.0. The van der Waals surface area contributed by atoms with E-state index in [1.807, 2.05) is 23.0 Å². The lowest BCUT2D eigenvalue weighted by Crippen LogP contribution is -2.24. The van der Waals surface area contributed by atoms with Crippen molar-refractivity contribution in [3.05, 3.63) is 42.0 Å². The smallest absolute Gasteiger partial charge is 0.217 e.